The number of nitrogens with one attached hydrogen (secondary N) is 2. The van der Waals surface area contributed by atoms with Crippen molar-refractivity contribution in [2.24, 2.45) is 29.6 Å². The van der Waals surface area contributed by atoms with Gasteiger partial charge in [-0.2, -0.15) is 0 Å². The Hall–Kier alpha value is -4.44. The van der Waals surface area contributed by atoms with E-state index in [0.717, 1.165) is 18.2 Å². The van der Waals surface area contributed by atoms with Crippen molar-refractivity contribution in [3.63, 3.8) is 0 Å². The van der Waals surface area contributed by atoms with Gasteiger partial charge in [0, 0.05) is 36.3 Å². The number of carboxylic acid groups (broad SMARTS) is 1. The number of allylic oxidation sites excluding steroid dienone is 1. The fraction of sp³-hybridized carbons (Fsp3) is 0.651. The number of rotatable bonds is 11. The molecule has 8 rings (SSSR count). The number of carbonyl (C=O) groups excluding carboxylic acids is 3. The fourth-order valence-electron chi connectivity index (χ4n) is 9.92. The summed E-state index contributed by atoms with van der Waals surface area (Å²) in [6.45, 7) is 6.27. The molecule has 3 heterocycles. The maximum Gasteiger partial charge on any atom is 0.408 e. The molecule has 1 aromatic carbocycles. The van der Waals surface area contributed by atoms with Crippen LogP contribution in [0.4, 0.5) is 4.79 Å². The van der Waals surface area contributed by atoms with Gasteiger partial charge in [0.1, 0.15) is 36.1 Å². The largest absolute Gasteiger partial charge is 0.489 e. The Morgan fingerprint density at radius 2 is 1.78 bits per heavy atom. The van der Waals surface area contributed by atoms with Crippen LogP contribution < -0.4 is 19.5 Å². The van der Waals surface area contributed by atoms with Crippen molar-refractivity contribution in [3.8, 4) is 11.6 Å². The molecule has 0 spiro atoms. The third-order valence-electron chi connectivity index (χ3n) is 13.9. The Morgan fingerprint density at radius 3 is 2.47 bits per heavy atom. The summed E-state index contributed by atoms with van der Waals surface area (Å²) in [5.74, 6) is -0.896. The Kier molecular flexibility index (Phi) is 11.1. The first-order valence-corrected chi connectivity index (χ1v) is 22.7. The number of amides is 4. The monoisotopic (exact) mass is 835 g/mol. The van der Waals surface area contributed by atoms with E-state index >= 15 is 4.79 Å². The van der Waals surface area contributed by atoms with Crippen molar-refractivity contribution < 1.29 is 46.9 Å². The van der Waals surface area contributed by atoms with E-state index in [9.17, 15) is 27.9 Å². The molecule has 2 aliphatic heterocycles. The second kappa shape index (κ2) is 15.9. The molecule has 4 amide bonds. The first-order chi connectivity index (χ1) is 28.1. The highest BCUT2D eigenvalue weighted by atomic mass is 32.2. The van der Waals surface area contributed by atoms with E-state index < -0.39 is 68.2 Å². The lowest BCUT2D eigenvalue weighted by atomic mass is 9.86. The summed E-state index contributed by atoms with van der Waals surface area (Å²) in [4.78, 5) is 64.7. The minimum absolute atomic E-state index is 0.0202. The number of sulfonamides is 1. The van der Waals surface area contributed by atoms with Gasteiger partial charge in [0.25, 0.3) is 5.91 Å². The number of hydrogen-bond donors (Lipinski definition) is 3. The standard InChI is InChI=1S/C43H57N5O10S/c1-25-9-5-6-10-29-22-43(29,40(51)46-59(54,55)42(3)13-14-42)45-37(49)34-21-31(58-38-33-12-8-7-11-32(33)35(23-44-38)57-16-15-56-4)24-47(34)39(50)36(26(2)17-25)48(41(52)53)30-19-27-18-28(27)20-30/h6-8,10-12,23,25-31,34,36H,5,9,13-22,24H2,1-4H3,(H,45,49)(H,46,51)(H,52,53)/b10-6-/t25-,26-,27+,28?,29-,30?,31-,34+,36+,43-/m1/s1. The fourth-order valence-corrected chi connectivity index (χ4v) is 11.2. The van der Waals surface area contributed by atoms with E-state index in [1.807, 2.05) is 43.3 Å². The van der Waals surface area contributed by atoms with E-state index in [4.69, 9.17) is 14.2 Å². The third kappa shape index (κ3) is 8.10. The highest BCUT2D eigenvalue weighted by molar-refractivity contribution is 7.91. The van der Waals surface area contributed by atoms with Gasteiger partial charge >= 0.3 is 6.09 Å². The van der Waals surface area contributed by atoms with Crippen LogP contribution in [-0.2, 0) is 29.1 Å². The molecule has 0 bridgehead atoms. The van der Waals surface area contributed by atoms with Crippen LogP contribution in [0.3, 0.4) is 0 Å². The maximum atomic E-state index is 15.3. The molecule has 59 heavy (non-hydrogen) atoms. The molecule has 2 aromatic rings. The Bertz CT molecular complexity index is 2120. The van der Waals surface area contributed by atoms with Gasteiger partial charge < -0.3 is 29.5 Å². The second-order valence-electron chi connectivity index (χ2n) is 18.3. The number of fused-ring (bicyclic) bond motifs is 4. The minimum Gasteiger partial charge on any atom is -0.489 e. The number of carbonyl (C=O) groups is 4. The summed E-state index contributed by atoms with van der Waals surface area (Å²) >= 11 is 0. The zero-order valence-electron chi connectivity index (χ0n) is 34.3. The zero-order chi connectivity index (χ0) is 41.9. The average Bonchev–Trinajstić information content (AvgIpc) is 4.15. The second-order valence-corrected chi connectivity index (χ2v) is 20.5. The van der Waals surface area contributed by atoms with E-state index in [0.29, 0.717) is 74.7 Å². The quantitative estimate of drug-likeness (QED) is 0.211. The summed E-state index contributed by atoms with van der Waals surface area (Å²) < 4.78 is 45.4. The highest BCUT2D eigenvalue weighted by Crippen LogP contribution is 2.54. The molecule has 0 radical (unpaired) electrons. The molecule has 1 saturated heterocycles. The van der Waals surface area contributed by atoms with Crippen molar-refractivity contribution in [1.29, 1.82) is 0 Å². The van der Waals surface area contributed by atoms with Gasteiger partial charge in [-0.1, -0.05) is 44.2 Å². The predicted molar refractivity (Wildman–Crippen MR) is 217 cm³/mol. The van der Waals surface area contributed by atoms with E-state index in [-0.39, 0.29) is 43.1 Å². The van der Waals surface area contributed by atoms with E-state index in [2.05, 4.69) is 21.9 Å². The van der Waals surface area contributed by atoms with Crippen molar-refractivity contribution >= 4 is 44.6 Å². The summed E-state index contributed by atoms with van der Waals surface area (Å²) in [5, 5.41) is 15.2. The van der Waals surface area contributed by atoms with Crippen molar-refractivity contribution in [2.75, 3.05) is 26.9 Å². The van der Waals surface area contributed by atoms with E-state index in [1.165, 1.54) is 9.80 Å². The molecule has 5 fully saturated rings. The number of pyridine rings is 1. The highest BCUT2D eigenvalue weighted by Gasteiger charge is 2.63. The zero-order valence-corrected chi connectivity index (χ0v) is 35.1. The molecule has 2 unspecified atom stereocenters. The Balaban J connectivity index is 1.14. The van der Waals surface area contributed by atoms with Gasteiger partial charge in [-0.05, 0) is 94.4 Å². The molecule has 320 valence electrons. The Labute approximate surface area is 345 Å². The minimum atomic E-state index is -4.02. The van der Waals surface area contributed by atoms with Crippen LogP contribution >= 0.6 is 0 Å². The molecule has 6 aliphatic rings. The van der Waals surface area contributed by atoms with Crippen LogP contribution in [0.1, 0.15) is 85.0 Å². The molecule has 4 saturated carbocycles. The van der Waals surface area contributed by atoms with Crippen LogP contribution in [0.2, 0.25) is 0 Å². The molecular formula is C43H57N5O10S. The van der Waals surface area contributed by atoms with Gasteiger partial charge in [-0.25, -0.2) is 18.2 Å². The smallest absolute Gasteiger partial charge is 0.408 e. The average molecular weight is 836 g/mol. The van der Waals surface area contributed by atoms with Crippen molar-refractivity contribution in [2.45, 2.75) is 119 Å². The van der Waals surface area contributed by atoms with Crippen molar-refractivity contribution in [1.82, 2.24) is 24.8 Å². The van der Waals surface area contributed by atoms with Gasteiger partial charge in [0.05, 0.1) is 24.1 Å². The molecule has 1 aromatic heterocycles. The predicted octanol–water partition coefficient (Wildman–Crippen LogP) is 4.64. The van der Waals surface area contributed by atoms with Gasteiger partial charge in [-0.3, -0.25) is 24.0 Å². The topological polar surface area (TPSA) is 194 Å². The molecule has 4 aliphatic carbocycles. The van der Waals surface area contributed by atoms with Crippen molar-refractivity contribution in [3.05, 3.63) is 42.6 Å². The number of benzene rings is 1. The number of methoxy groups -OCH3 is 1. The van der Waals surface area contributed by atoms with E-state index in [1.54, 1.807) is 20.2 Å². The number of hydrogen-bond acceptors (Lipinski definition) is 10. The molecule has 15 nitrogen and oxygen atoms in total. The van der Waals surface area contributed by atoms with Crippen LogP contribution in [-0.4, -0.2) is 114 Å². The van der Waals surface area contributed by atoms with Gasteiger partial charge in [0.15, 0.2) is 0 Å². The summed E-state index contributed by atoms with van der Waals surface area (Å²) in [7, 11) is -2.43. The van der Waals surface area contributed by atoms with Crippen LogP contribution in [0, 0.1) is 29.6 Å². The van der Waals surface area contributed by atoms with Gasteiger partial charge in [-0.15, -0.1) is 0 Å². The van der Waals surface area contributed by atoms with Crippen LogP contribution in [0.5, 0.6) is 11.6 Å². The van der Waals surface area contributed by atoms with Gasteiger partial charge in [0.2, 0.25) is 27.7 Å². The first-order valence-electron chi connectivity index (χ1n) is 21.2. The summed E-state index contributed by atoms with van der Waals surface area (Å²) in [6, 6.07) is 4.92. The van der Waals surface area contributed by atoms with Crippen LogP contribution in [0.25, 0.3) is 10.8 Å². The van der Waals surface area contributed by atoms with Crippen LogP contribution in [0.15, 0.2) is 42.6 Å². The lowest BCUT2D eigenvalue weighted by molar-refractivity contribution is -0.145. The molecular weight excluding hydrogens is 779 g/mol. The maximum absolute atomic E-state index is 15.3. The molecule has 16 heteroatoms. The SMILES string of the molecule is COCCOc1cnc(O[C@@H]2C[C@H]3C(=O)N[C@]4(C(=O)NS(=O)(=O)C5(C)CC5)C[C@H]4/C=C\CC[C@@H](C)C[C@@H](C)[C@H](N(C(=O)O)C4CC5C[C@H]5C4)C(=O)N3C2)c2ccccc12. The first kappa shape index (κ1) is 41.3. The number of aromatic nitrogens is 1. The molecule has 3 N–H and O–H groups in total. The lowest BCUT2D eigenvalue weighted by Gasteiger charge is -2.40. The number of ether oxygens (including phenoxy) is 3. The summed E-state index contributed by atoms with van der Waals surface area (Å²) in [5.41, 5.74) is -1.55. The third-order valence-corrected chi connectivity index (χ3v) is 16.0. The summed E-state index contributed by atoms with van der Waals surface area (Å²) in [6.07, 6.45) is 9.07. The molecule has 10 atom stereocenters. The normalized spacial score (nSPS) is 34.2. The lowest BCUT2D eigenvalue weighted by Crippen LogP contribution is -2.61. The number of nitrogens with zero attached hydrogens (tertiary/aromatic N) is 3. The Morgan fingerprint density at radius 1 is 1.05 bits per heavy atom.